The SMILES string of the molecule is CC(NS(=O)(=O)c1ccccc1C(F)(F)F)C(=O)NCc1ccc(Cn2ccnc2)cc1. The smallest absolute Gasteiger partial charge is 0.351 e. The van der Waals surface area contributed by atoms with Crippen molar-refractivity contribution in [1.29, 1.82) is 0 Å². The van der Waals surface area contributed by atoms with Gasteiger partial charge in [-0.15, -0.1) is 0 Å². The maximum absolute atomic E-state index is 13.1. The maximum Gasteiger partial charge on any atom is 0.417 e. The van der Waals surface area contributed by atoms with Crippen molar-refractivity contribution in [3.8, 4) is 0 Å². The van der Waals surface area contributed by atoms with Crippen LogP contribution in [-0.2, 0) is 34.1 Å². The predicted molar refractivity (Wildman–Crippen MR) is 111 cm³/mol. The molecular weight excluding hydrogens is 445 g/mol. The lowest BCUT2D eigenvalue weighted by molar-refractivity contribution is -0.139. The van der Waals surface area contributed by atoms with Gasteiger partial charge in [0.05, 0.1) is 22.8 Å². The molecule has 2 N–H and O–H groups in total. The van der Waals surface area contributed by atoms with Crippen LogP contribution in [0.1, 0.15) is 23.6 Å². The number of hydrogen-bond acceptors (Lipinski definition) is 4. The number of carbonyl (C=O) groups is 1. The molecule has 3 rings (SSSR count). The highest BCUT2D eigenvalue weighted by molar-refractivity contribution is 7.89. The summed E-state index contributed by atoms with van der Waals surface area (Å²) in [5, 5.41) is 2.58. The fourth-order valence-electron chi connectivity index (χ4n) is 2.98. The first-order chi connectivity index (χ1) is 15.1. The second-order valence-corrected chi connectivity index (χ2v) is 8.79. The molecule has 0 saturated carbocycles. The Labute approximate surface area is 183 Å². The van der Waals surface area contributed by atoms with Gasteiger partial charge in [0, 0.05) is 25.5 Å². The Bertz CT molecular complexity index is 1160. The van der Waals surface area contributed by atoms with E-state index in [9.17, 15) is 26.4 Å². The molecule has 0 aliphatic heterocycles. The van der Waals surface area contributed by atoms with Gasteiger partial charge in [0.25, 0.3) is 0 Å². The maximum atomic E-state index is 13.1. The summed E-state index contributed by atoms with van der Waals surface area (Å²) >= 11 is 0. The molecule has 0 aliphatic carbocycles. The summed E-state index contributed by atoms with van der Waals surface area (Å²) < 4.78 is 68.3. The third-order valence-corrected chi connectivity index (χ3v) is 6.22. The van der Waals surface area contributed by atoms with Crippen LogP contribution in [0.2, 0.25) is 0 Å². The molecule has 0 aliphatic rings. The molecule has 0 fully saturated rings. The molecule has 170 valence electrons. The lowest BCUT2D eigenvalue weighted by atomic mass is 10.1. The largest absolute Gasteiger partial charge is 0.417 e. The van der Waals surface area contributed by atoms with Gasteiger partial charge in [-0.2, -0.15) is 17.9 Å². The van der Waals surface area contributed by atoms with Gasteiger partial charge < -0.3 is 9.88 Å². The highest BCUT2D eigenvalue weighted by Crippen LogP contribution is 2.33. The number of nitrogens with zero attached hydrogens (tertiary/aromatic N) is 2. The third kappa shape index (κ3) is 5.95. The second kappa shape index (κ2) is 9.53. The molecule has 11 heteroatoms. The Kier molecular flexibility index (Phi) is 6.99. The van der Waals surface area contributed by atoms with Crippen LogP contribution < -0.4 is 10.0 Å². The van der Waals surface area contributed by atoms with Gasteiger partial charge in [-0.05, 0) is 30.2 Å². The molecule has 1 atom stereocenters. The van der Waals surface area contributed by atoms with Gasteiger partial charge in [0.2, 0.25) is 15.9 Å². The predicted octanol–water partition coefficient (Wildman–Crippen LogP) is 2.93. The zero-order chi connectivity index (χ0) is 23.4. The fraction of sp³-hybridized carbons (Fsp3) is 0.238. The van der Waals surface area contributed by atoms with Gasteiger partial charge in [-0.25, -0.2) is 13.4 Å². The van der Waals surface area contributed by atoms with Crippen LogP contribution in [0.25, 0.3) is 0 Å². The summed E-state index contributed by atoms with van der Waals surface area (Å²) in [6, 6.07) is 9.95. The number of benzene rings is 2. The zero-order valence-corrected chi connectivity index (χ0v) is 17.8. The van der Waals surface area contributed by atoms with Crippen LogP contribution in [0.3, 0.4) is 0 Å². The van der Waals surface area contributed by atoms with E-state index in [0.717, 1.165) is 23.3 Å². The highest BCUT2D eigenvalue weighted by atomic mass is 32.2. The van der Waals surface area contributed by atoms with E-state index < -0.39 is 38.6 Å². The number of imidazole rings is 1. The van der Waals surface area contributed by atoms with Gasteiger partial charge in [0.15, 0.2) is 0 Å². The van der Waals surface area contributed by atoms with E-state index in [1.54, 1.807) is 12.5 Å². The molecule has 3 aromatic rings. The standard InChI is InChI=1S/C21H21F3N4O3S/c1-15(27-32(30,31)19-5-3-2-4-18(19)21(22,23)24)20(29)26-12-16-6-8-17(9-7-16)13-28-11-10-25-14-28/h2-11,14-15,27H,12-13H2,1H3,(H,26,29). The van der Waals surface area contributed by atoms with E-state index in [4.69, 9.17) is 0 Å². The van der Waals surface area contributed by atoms with E-state index in [-0.39, 0.29) is 6.54 Å². The molecule has 0 spiro atoms. The van der Waals surface area contributed by atoms with Crippen LogP contribution in [-0.4, -0.2) is 29.9 Å². The quantitative estimate of drug-likeness (QED) is 0.534. The highest BCUT2D eigenvalue weighted by Gasteiger charge is 2.37. The lowest BCUT2D eigenvalue weighted by Crippen LogP contribution is -2.44. The number of alkyl halides is 3. The minimum Gasteiger partial charge on any atom is -0.351 e. The molecule has 7 nitrogen and oxygen atoms in total. The average Bonchev–Trinajstić information content (AvgIpc) is 3.25. The van der Waals surface area contributed by atoms with Crippen LogP contribution >= 0.6 is 0 Å². The number of rotatable bonds is 8. The lowest BCUT2D eigenvalue weighted by Gasteiger charge is -2.17. The minimum absolute atomic E-state index is 0.134. The second-order valence-electron chi connectivity index (χ2n) is 7.11. The van der Waals surface area contributed by atoms with Crippen molar-refractivity contribution in [2.45, 2.75) is 37.1 Å². The zero-order valence-electron chi connectivity index (χ0n) is 17.0. The molecule has 32 heavy (non-hydrogen) atoms. The van der Waals surface area contributed by atoms with Gasteiger partial charge in [-0.1, -0.05) is 36.4 Å². The van der Waals surface area contributed by atoms with E-state index >= 15 is 0 Å². The first-order valence-electron chi connectivity index (χ1n) is 9.56. The number of aromatic nitrogens is 2. The van der Waals surface area contributed by atoms with Crippen molar-refractivity contribution < 1.29 is 26.4 Å². The summed E-state index contributed by atoms with van der Waals surface area (Å²) in [5.41, 5.74) is 0.517. The van der Waals surface area contributed by atoms with Crippen molar-refractivity contribution in [1.82, 2.24) is 19.6 Å². The number of amides is 1. The van der Waals surface area contributed by atoms with Crippen LogP contribution in [0.5, 0.6) is 0 Å². The molecule has 0 radical (unpaired) electrons. The first kappa shape index (κ1) is 23.5. The molecule has 1 heterocycles. The molecule has 2 aromatic carbocycles. The van der Waals surface area contributed by atoms with Crippen LogP contribution in [0.15, 0.2) is 72.1 Å². The van der Waals surface area contributed by atoms with Crippen molar-refractivity contribution in [3.63, 3.8) is 0 Å². The Morgan fingerprint density at radius 2 is 1.75 bits per heavy atom. The van der Waals surface area contributed by atoms with E-state index in [0.29, 0.717) is 12.6 Å². The van der Waals surface area contributed by atoms with Gasteiger partial charge in [0.1, 0.15) is 0 Å². The third-order valence-electron chi connectivity index (χ3n) is 4.62. The number of halogens is 3. The summed E-state index contributed by atoms with van der Waals surface area (Å²) in [7, 11) is -4.57. The number of hydrogen-bond donors (Lipinski definition) is 2. The number of sulfonamides is 1. The first-order valence-corrected chi connectivity index (χ1v) is 11.0. The van der Waals surface area contributed by atoms with Crippen LogP contribution in [0, 0.1) is 0 Å². The minimum atomic E-state index is -4.85. The van der Waals surface area contributed by atoms with Crippen molar-refractivity contribution in [2.24, 2.45) is 0 Å². The normalized spacial score (nSPS) is 13.0. The van der Waals surface area contributed by atoms with E-state index in [1.165, 1.54) is 13.0 Å². The summed E-state index contributed by atoms with van der Waals surface area (Å²) in [6.45, 7) is 2.04. The molecule has 1 aromatic heterocycles. The Morgan fingerprint density at radius 3 is 2.38 bits per heavy atom. The Morgan fingerprint density at radius 1 is 1.09 bits per heavy atom. The fourth-order valence-corrected chi connectivity index (χ4v) is 4.41. The monoisotopic (exact) mass is 466 g/mol. The number of carbonyl (C=O) groups excluding carboxylic acids is 1. The van der Waals surface area contributed by atoms with Gasteiger partial charge >= 0.3 is 6.18 Å². The summed E-state index contributed by atoms with van der Waals surface area (Å²) in [4.78, 5) is 15.4. The molecule has 0 bridgehead atoms. The summed E-state index contributed by atoms with van der Waals surface area (Å²) in [5.74, 6) is -0.666. The van der Waals surface area contributed by atoms with E-state index in [2.05, 4.69) is 10.3 Å². The van der Waals surface area contributed by atoms with Crippen molar-refractivity contribution in [3.05, 3.63) is 83.9 Å². The number of nitrogens with one attached hydrogen (secondary N) is 2. The van der Waals surface area contributed by atoms with Crippen LogP contribution in [0.4, 0.5) is 13.2 Å². The molecular formula is C21H21F3N4O3S. The van der Waals surface area contributed by atoms with Gasteiger partial charge in [-0.3, -0.25) is 4.79 Å². The van der Waals surface area contributed by atoms with E-state index in [1.807, 2.05) is 39.8 Å². The van der Waals surface area contributed by atoms with Crippen molar-refractivity contribution >= 4 is 15.9 Å². The Hall–Kier alpha value is -3.18. The molecule has 1 unspecified atom stereocenters. The Balaban J connectivity index is 1.59. The topological polar surface area (TPSA) is 93.1 Å². The summed E-state index contributed by atoms with van der Waals surface area (Å²) in [6.07, 6.45) is 0.370. The molecule has 0 saturated heterocycles. The molecule has 1 amide bonds. The average molecular weight is 466 g/mol. The van der Waals surface area contributed by atoms with Crippen molar-refractivity contribution in [2.75, 3.05) is 0 Å².